The minimum atomic E-state index is -0.964. The molecule has 0 amide bonds. The van der Waals surface area contributed by atoms with Crippen LogP contribution in [0.3, 0.4) is 0 Å². The minimum absolute atomic E-state index is 0.122. The molecule has 0 fully saturated rings. The van der Waals surface area contributed by atoms with Crippen LogP contribution in [-0.4, -0.2) is 23.3 Å². The first-order valence-corrected chi connectivity index (χ1v) is 5.50. The Hall–Kier alpha value is -1.06. The SMILES string of the molecule is CC(C)O[C@H](Cc1ccccc1Cl)C(=O)O. The number of carboxylic acid groups (broad SMARTS) is 1. The number of aliphatic carboxylic acids is 1. The predicted molar refractivity (Wildman–Crippen MR) is 62.8 cm³/mol. The van der Waals surface area contributed by atoms with E-state index < -0.39 is 12.1 Å². The Labute approximate surface area is 100.0 Å². The van der Waals surface area contributed by atoms with Gasteiger partial charge in [-0.25, -0.2) is 4.79 Å². The second-order valence-corrected chi connectivity index (χ2v) is 4.21. The predicted octanol–water partition coefficient (Wildman–Crippen LogP) is 2.76. The van der Waals surface area contributed by atoms with Gasteiger partial charge in [0, 0.05) is 11.4 Å². The molecule has 0 radical (unpaired) electrons. The van der Waals surface area contributed by atoms with E-state index in [4.69, 9.17) is 21.4 Å². The van der Waals surface area contributed by atoms with E-state index in [2.05, 4.69) is 0 Å². The van der Waals surface area contributed by atoms with Gasteiger partial charge in [0.25, 0.3) is 0 Å². The maximum Gasteiger partial charge on any atom is 0.333 e. The summed E-state index contributed by atoms with van der Waals surface area (Å²) < 4.78 is 5.31. The Bertz CT molecular complexity index is 363. The highest BCUT2D eigenvalue weighted by Gasteiger charge is 2.20. The molecule has 1 rings (SSSR count). The van der Waals surface area contributed by atoms with Gasteiger partial charge in [0.05, 0.1) is 6.10 Å². The molecule has 1 N–H and O–H groups in total. The van der Waals surface area contributed by atoms with Gasteiger partial charge in [0.15, 0.2) is 6.10 Å². The number of ether oxygens (including phenoxy) is 1. The van der Waals surface area contributed by atoms with Crippen LogP contribution in [0.5, 0.6) is 0 Å². The fraction of sp³-hybridized carbons (Fsp3) is 0.417. The zero-order valence-corrected chi connectivity index (χ0v) is 10.1. The molecule has 0 saturated carbocycles. The van der Waals surface area contributed by atoms with Crippen LogP contribution >= 0.6 is 11.6 Å². The normalized spacial score (nSPS) is 12.8. The molecule has 4 heteroatoms. The first-order chi connectivity index (χ1) is 7.50. The third-order valence-corrected chi connectivity index (χ3v) is 2.44. The molecule has 1 aromatic carbocycles. The van der Waals surface area contributed by atoms with Crippen molar-refractivity contribution >= 4 is 17.6 Å². The van der Waals surface area contributed by atoms with Crippen LogP contribution in [0.2, 0.25) is 5.02 Å². The zero-order chi connectivity index (χ0) is 12.1. The summed E-state index contributed by atoms with van der Waals surface area (Å²) in [5.41, 5.74) is 0.789. The van der Waals surface area contributed by atoms with Crippen LogP contribution in [-0.2, 0) is 16.0 Å². The summed E-state index contributed by atoms with van der Waals surface area (Å²) >= 11 is 5.96. The maximum atomic E-state index is 11.0. The lowest BCUT2D eigenvalue weighted by Crippen LogP contribution is -2.29. The molecule has 0 spiro atoms. The molecule has 0 saturated heterocycles. The van der Waals surface area contributed by atoms with E-state index in [9.17, 15) is 4.79 Å². The number of carbonyl (C=O) groups is 1. The van der Waals surface area contributed by atoms with Gasteiger partial charge >= 0.3 is 5.97 Å². The lowest BCUT2D eigenvalue weighted by atomic mass is 10.1. The van der Waals surface area contributed by atoms with Gasteiger partial charge in [-0.1, -0.05) is 29.8 Å². The van der Waals surface area contributed by atoms with Crippen molar-refractivity contribution in [3.8, 4) is 0 Å². The summed E-state index contributed by atoms with van der Waals surface area (Å²) in [6, 6.07) is 7.19. The summed E-state index contributed by atoms with van der Waals surface area (Å²) in [5.74, 6) is -0.964. The number of hydrogen-bond donors (Lipinski definition) is 1. The molecule has 0 aliphatic heterocycles. The largest absolute Gasteiger partial charge is 0.479 e. The summed E-state index contributed by atoms with van der Waals surface area (Å²) in [6.45, 7) is 3.62. The molecule has 16 heavy (non-hydrogen) atoms. The Morgan fingerprint density at radius 1 is 1.44 bits per heavy atom. The summed E-state index contributed by atoms with van der Waals surface area (Å²) in [4.78, 5) is 11.0. The lowest BCUT2D eigenvalue weighted by Gasteiger charge is -2.16. The molecule has 0 bridgehead atoms. The Balaban J connectivity index is 2.76. The van der Waals surface area contributed by atoms with Crippen molar-refractivity contribution in [2.24, 2.45) is 0 Å². The first-order valence-electron chi connectivity index (χ1n) is 5.12. The number of hydrogen-bond acceptors (Lipinski definition) is 2. The van der Waals surface area contributed by atoms with E-state index >= 15 is 0 Å². The van der Waals surface area contributed by atoms with E-state index in [1.807, 2.05) is 32.0 Å². The number of carboxylic acids is 1. The average Bonchev–Trinajstić information content (AvgIpc) is 2.19. The van der Waals surface area contributed by atoms with Crippen LogP contribution in [0.4, 0.5) is 0 Å². The van der Waals surface area contributed by atoms with Gasteiger partial charge in [-0.15, -0.1) is 0 Å². The van der Waals surface area contributed by atoms with E-state index in [1.165, 1.54) is 0 Å². The Morgan fingerprint density at radius 2 is 2.06 bits per heavy atom. The molecular weight excluding hydrogens is 228 g/mol. The zero-order valence-electron chi connectivity index (χ0n) is 9.31. The monoisotopic (exact) mass is 242 g/mol. The number of rotatable bonds is 5. The Morgan fingerprint density at radius 3 is 2.56 bits per heavy atom. The summed E-state index contributed by atoms with van der Waals surface area (Å²) in [6.07, 6.45) is -0.684. The molecule has 88 valence electrons. The van der Waals surface area contributed by atoms with Crippen LogP contribution in [0, 0.1) is 0 Å². The van der Waals surface area contributed by atoms with Gasteiger partial charge in [0.2, 0.25) is 0 Å². The molecule has 0 aliphatic carbocycles. The van der Waals surface area contributed by atoms with E-state index in [1.54, 1.807) is 6.07 Å². The van der Waals surface area contributed by atoms with Crippen molar-refractivity contribution in [2.75, 3.05) is 0 Å². The van der Waals surface area contributed by atoms with Crippen molar-refractivity contribution in [1.82, 2.24) is 0 Å². The van der Waals surface area contributed by atoms with E-state index in [-0.39, 0.29) is 12.5 Å². The average molecular weight is 243 g/mol. The minimum Gasteiger partial charge on any atom is -0.479 e. The van der Waals surface area contributed by atoms with Gasteiger partial charge in [-0.3, -0.25) is 0 Å². The molecular formula is C12H15ClO3. The Kier molecular flexibility index (Phi) is 4.77. The van der Waals surface area contributed by atoms with Crippen LogP contribution in [0.1, 0.15) is 19.4 Å². The number of benzene rings is 1. The quantitative estimate of drug-likeness (QED) is 0.864. The maximum absolute atomic E-state index is 11.0. The highest BCUT2D eigenvalue weighted by molar-refractivity contribution is 6.31. The molecule has 1 atom stereocenters. The summed E-state index contributed by atoms with van der Waals surface area (Å²) in [7, 11) is 0. The molecule has 0 unspecified atom stereocenters. The fourth-order valence-electron chi connectivity index (χ4n) is 1.39. The molecule has 1 aromatic rings. The van der Waals surface area contributed by atoms with Crippen LogP contribution in [0.25, 0.3) is 0 Å². The lowest BCUT2D eigenvalue weighted by molar-refractivity contribution is -0.153. The van der Waals surface area contributed by atoms with Crippen molar-refractivity contribution < 1.29 is 14.6 Å². The highest BCUT2D eigenvalue weighted by atomic mass is 35.5. The van der Waals surface area contributed by atoms with Crippen LogP contribution < -0.4 is 0 Å². The van der Waals surface area contributed by atoms with Gasteiger partial charge in [-0.2, -0.15) is 0 Å². The van der Waals surface area contributed by atoms with Crippen molar-refractivity contribution in [2.45, 2.75) is 32.5 Å². The third kappa shape index (κ3) is 3.83. The van der Waals surface area contributed by atoms with Crippen molar-refractivity contribution in [3.63, 3.8) is 0 Å². The van der Waals surface area contributed by atoms with Crippen molar-refractivity contribution in [1.29, 1.82) is 0 Å². The second kappa shape index (κ2) is 5.87. The number of halogens is 1. The highest BCUT2D eigenvalue weighted by Crippen LogP contribution is 2.18. The second-order valence-electron chi connectivity index (χ2n) is 3.81. The van der Waals surface area contributed by atoms with Gasteiger partial charge < -0.3 is 9.84 Å². The van der Waals surface area contributed by atoms with Gasteiger partial charge in [0.1, 0.15) is 0 Å². The first kappa shape index (κ1) is 13.0. The molecule has 0 aliphatic rings. The van der Waals surface area contributed by atoms with E-state index in [0.717, 1.165) is 5.56 Å². The smallest absolute Gasteiger partial charge is 0.333 e. The van der Waals surface area contributed by atoms with Crippen LogP contribution in [0.15, 0.2) is 24.3 Å². The van der Waals surface area contributed by atoms with Gasteiger partial charge in [-0.05, 0) is 25.5 Å². The third-order valence-electron chi connectivity index (χ3n) is 2.08. The molecule has 0 aromatic heterocycles. The molecule has 0 heterocycles. The summed E-state index contributed by atoms with van der Waals surface area (Å²) in [5, 5.41) is 9.58. The molecule has 3 nitrogen and oxygen atoms in total. The fourth-order valence-corrected chi connectivity index (χ4v) is 1.60. The standard InChI is InChI=1S/C12H15ClO3/c1-8(2)16-11(12(14)15)7-9-5-3-4-6-10(9)13/h3-6,8,11H,7H2,1-2H3,(H,14,15)/t11-/m1/s1. The van der Waals surface area contributed by atoms with Crippen molar-refractivity contribution in [3.05, 3.63) is 34.9 Å². The van der Waals surface area contributed by atoms with E-state index in [0.29, 0.717) is 5.02 Å². The topological polar surface area (TPSA) is 46.5 Å².